The van der Waals surface area contributed by atoms with E-state index in [0.717, 1.165) is 30.2 Å². The zero-order chi connectivity index (χ0) is 19.3. The number of benzene rings is 1. The molecule has 0 radical (unpaired) electrons. The van der Waals surface area contributed by atoms with Gasteiger partial charge in [0, 0.05) is 36.7 Å². The van der Waals surface area contributed by atoms with Crippen molar-refractivity contribution in [2.45, 2.75) is 13.5 Å². The van der Waals surface area contributed by atoms with Gasteiger partial charge in [-0.3, -0.25) is 4.79 Å². The van der Waals surface area contributed by atoms with E-state index < -0.39 is 0 Å². The second-order valence-electron chi connectivity index (χ2n) is 6.58. The topological polar surface area (TPSA) is 85.2 Å². The number of rotatable bonds is 5. The number of aryl methyl sites for hydroxylation is 1. The van der Waals surface area contributed by atoms with Crippen molar-refractivity contribution in [3.63, 3.8) is 0 Å². The van der Waals surface area contributed by atoms with Gasteiger partial charge in [0.25, 0.3) is 5.91 Å². The highest BCUT2D eigenvalue weighted by Gasteiger charge is 2.15. The van der Waals surface area contributed by atoms with Gasteiger partial charge < -0.3 is 15.0 Å². The van der Waals surface area contributed by atoms with E-state index >= 15 is 0 Å². The third kappa shape index (κ3) is 4.17. The Bertz CT molecular complexity index is 951. The maximum Gasteiger partial charge on any atom is 0.251 e. The molecule has 0 aliphatic carbocycles. The molecule has 4 rings (SSSR count). The second kappa shape index (κ2) is 8.18. The van der Waals surface area contributed by atoms with Gasteiger partial charge in [-0.05, 0) is 37.3 Å². The van der Waals surface area contributed by atoms with E-state index in [2.05, 4.69) is 25.3 Å². The first-order valence-electron chi connectivity index (χ1n) is 9.24. The summed E-state index contributed by atoms with van der Waals surface area (Å²) in [5.41, 5.74) is 3.07. The smallest absolute Gasteiger partial charge is 0.251 e. The number of hydrogen-bond acceptors (Lipinski definition) is 6. The number of morpholine rings is 1. The first-order chi connectivity index (χ1) is 13.7. The molecule has 1 saturated heterocycles. The molecule has 28 heavy (non-hydrogen) atoms. The van der Waals surface area contributed by atoms with E-state index in [9.17, 15) is 4.79 Å². The summed E-state index contributed by atoms with van der Waals surface area (Å²) in [6.07, 6.45) is 3.55. The van der Waals surface area contributed by atoms with Crippen LogP contribution in [0.3, 0.4) is 0 Å². The van der Waals surface area contributed by atoms with Crippen LogP contribution in [0.1, 0.15) is 21.7 Å². The molecule has 3 heterocycles. The Morgan fingerprint density at radius 1 is 1.18 bits per heavy atom. The number of hydrogen-bond donors (Lipinski definition) is 1. The molecule has 1 aromatic carbocycles. The fraction of sp³-hybridized carbons (Fsp3) is 0.300. The Hall–Kier alpha value is -3.26. The summed E-state index contributed by atoms with van der Waals surface area (Å²) in [6.45, 7) is 5.17. The molecule has 8 nitrogen and oxygen atoms in total. The molecule has 1 aliphatic rings. The van der Waals surface area contributed by atoms with E-state index in [0.29, 0.717) is 31.3 Å². The predicted octanol–water partition coefficient (Wildman–Crippen LogP) is 1.74. The molecule has 1 aliphatic heterocycles. The van der Waals surface area contributed by atoms with E-state index in [1.165, 1.54) is 0 Å². The molecule has 0 atom stereocenters. The number of nitrogens with zero attached hydrogens (tertiary/aromatic N) is 5. The minimum absolute atomic E-state index is 0.154. The van der Waals surface area contributed by atoms with Crippen molar-refractivity contribution in [3.05, 3.63) is 65.7 Å². The number of amides is 1. The molecule has 1 amide bonds. The first kappa shape index (κ1) is 18.1. The summed E-state index contributed by atoms with van der Waals surface area (Å²) >= 11 is 0. The minimum atomic E-state index is -0.154. The normalized spacial score (nSPS) is 14.1. The molecule has 0 spiro atoms. The lowest BCUT2D eigenvalue weighted by atomic mass is 10.2. The van der Waals surface area contributed by atoms with Crippen molar-refractivity contribution >= 4 is 11.9 Å². The van der Waals surface area contributed by atoms with Crippen LogP contribution in [0.5, 0.6) is 0 Å². The van der Waals surface area contributed by atoms with Gasteiger partial charge in [-0.2, -0.15) is 5.10 Å². The van der Waals surface area contributed by atoms with Crippen molar-refractivity contribution in [1.82, 2.24) is 25.1 Å². The van der Waals surface area contributed by atoms with E-state index in [1.807, 2.05) is 43.5 Å². The van der Waals surface area contributed by atoms with Gasteiger partial charge in [-0.25, -0.2) is 14.6 Å². The summed E-state index contributed by atoms with van der Waals surface area (Å²) in [6, 6.07) is 11.1. The zero-order valence-electron chi connectivity index (χ0n) is 15.7. The number of carbonyl (C=O) groups excluding carboxylic acids is 1. The van der Waals surface area contributed by atoms with E-state index in [-0.39, 0.29) is 5.91 Å². The number of carbonyl (C=O) groups is 1. The molecule has 1 fully saturated rings. The number of nitrogens with one attached hydrogen (secondary N) is 1. The van der Waals surface area contributed by atoms with Gasteiger partial charge in [0.15, 0.2) is 0 Å². The predicted molar refractivity (Wildman–Crippen MR) is 105 cm³/mol. The van der Waals surface area contributed by atoms with Crippen molar-refractivity contribution < 1.29 is 9.53 Å². The second-order valence-corrected chi connectivity index (χ2v) is 6.58. The van der Waals surface area contributed by atoms with Crippen LogP contribution < -0.4 is 10.2 Å². The molecule has 0 unspecified atom stereocenters. The Labute approximate surface area is 163 Å². The van der Waals surface area contributed by atoms with Gasteiger partial charge in [0.05, 0.1) is 31.1 Å². The quantitative estimate of drug-likeness (QED) is 0.728. The summed E-state index contributed by atoms with van der Waals surface area (Å²) in [4.78, 5) is 23.8. The monoisotopic (exact) mass is 378 g/mol. The maximum atomic E-state index is 12.6. The largest absolute Gasteiger partial charge is 0.378 e. The number of aromatic nitrogens is 4. The molecule has 144 valence electrons. The highest BCUT2D eigenvalue weighted by atomic mass is 16.5. The third-order valence-electron chi connectivity index (χ3n) is 4.50. The average Bonchev–Trinajstić information content (AvgIpc) is 3.27. The standard InChI is InChI=1S/C20H22N6O2/c1-15-12-17(24-20(23-15)25-8-10-28-11-9-25)14-21-19(27)16-4-2-5-18(13-16)26-7-3-6-22-26/h2-7,12-13H,8-11,14H2,1H3,(H,21,27). The van der Waals surface area contributed by atoms with Crippen molar-refractivity contribution in [3.8, 4) is 5.69 Å². The lowest BCUT2D eigenvalue weighted by Gasteiger charge is -2.27. The van der Waals surface area contributed by atoms with Gasteiger partial charge >= 0.3 is 0 Å². The SMILES string of the molecule is Cc1cc(CNC(=O)c2cccc(-n3cccn3)c2)nc(N2CCOCC2)n1. The number of anilines is 1. The maximum absolute atomic E-state index is 12.6. The van der Waals surface area contributed by atoms with Crippen LogP contribution in [0.4, 0.5) is 5.95 Å². The van der Waals surface area contributed by atoms with Crippen LogP contribution in [0.25, 0.3) is 5.69 Å². The van der Waals surface area contributed by atoms with Crippen LogP contribution in [0.2, 0.25) is 0 Å². The van der Waals surface area contributed by atoms with Crippen LogP contribution in [-0.4, -0.2) is 52.0 Å². The third-order valence-corrected chi connectivity index (χ3v) is 4.50. The zero-order valence-corrected chi connectivity index (χ0v) is 15.7. The molecule has 0 saturated carbocycles. The highest BCUT2D eigenvalue weighted by Crippen LogP contribution is 2.13. The number of ether oxygens (including phenoxy) is 1. The van der Waals surface area contributed by atoms with Crippen LogP contribution in [-0.2, 0) is 11.3 Å². The van der Waals surface area contributed by atoms with E-state index in [1.54, 1.807) is 16.9 Å². The van der Waals surface area contributed by atoms with Crippen molar-refractivity contribution in [2.75, 3.05) is 31.2 Å². The summed E-state index contributed by atoms with van der Waals surface area (Å²) in [5.74, 6) is 0.534. The highest BCUT2D eigenvalue weighted by molar-refractivity contribution is 5.94. The van der Waals surface area contributed by atoms with Gasteiger partial charge in [-0.15, -0.1) is 0 Å². The van der Waals surface area contributed by atoms with Crippen molar-refractivity contribution in [1.29, 1.82) is 0 Å². The Morgan fingerprint density at radius 2 is 2.04 bits per heavy atom. The minimum Gasteiger partial charge on any atom is -0.378 e. The Balaban J connectivity index is 1.45. The summed E-state index contributed by atoms with van der Waals surface area (Å²) in [7, 11) is 0. The molecule has 1 N–H and O–H groups in total. The van der Waals surface area contributed by atoms with Gasteiger partial charge in [-0.1, -0.05) is 6.07 Å². The molecular weight excluding hydrogens is 356 g/mol. The lowest BCUT2D eigenvalue weighted by molar-refractivity contribution is 0.0950. The molecule has 3 aromatic rings. The Kier molecular flexibility index (Phi) is 5.29. The van der Waals surface area contributed by atoms with Crippen LogP contribution in [0, 0.1) is 6.92 Å². The Morgan fingerprint density at radius 3 is 2.82 bits per heavy atom. The first-order valence-corrected chi connectivity index (χ1v) is 9.24. The van der Waals surface area contributed by atoms with Crippen molar-refractivity contribution in [2.24, 2.45) is 0 Å². The average molecular weight is 378 g/mol. The summed E-state index contributed by atoms with van der Waals surface area (Å²) in [5, 5.41) is 7.14. The van der Waals surface area contributed by atoms with Crippen LogP contribution >= 0.6 is 0 Å². The van der Waals surface area contributed by atoms with Gasteiger partial charge in [0.2, 0.25) is 5.95 Å². The van der Waals surface area contributed by atoms with E-state index in [4.69, 9.17) is 4.74 Å². The fourth-order valence-corrected chi connectivity index (χ4v) is 3.10. The fourth-order valence-electron chi connectivity index (χ4n) is 3.10. The molecule has 8 heteroatoms. The molecule has 0 bridgehead atoms. The molecule has 2 aromatic heterocycles. The van der Waals surface area contributed by atoms with Gasteiger partial charge in [0.1, 0.15) is 0 Å². The summed E-state index contributed by atoms with van der Waals surface area (Å²) < 4.78 is 7.11. The molecular formula is C20H22N6O2. The lowest BCUT2D eigenvalue weighted by Crippen LogP contribution is -2.37. The van der Waals surface area contributed by atoms with Crippen LogP contribution in [0.15, 0.2) is 48.8 Å².